The summed E-state index contributed by atoms with van der Waals surface area (Å²) in [6.45, 7) is 1.88. The molecule has 0 fully saturated rings. The SMILES string of the molecule is COc1c(C)ccnc1C#N. The van der Waals surface area contributed by atoms with E-state index in [1.807, 2.05) is 13.0 Å². The summed E-state index contributed by atoms with van der Waals surface area (Å²) in [5.74, 6) is 0.565. The van der Waals surface area contributed by atoms with Gasteiger partial charge in [0.1, 0.15) is 6.07 Å². The third kappa shape index (κ3) is 1.30. The predicted molar refractivity (Wildman–Crippen MR) is 40.2 cm³/mol. The summed E-state index contributed by atoms with van der Waals surface area (Å²) in [5.41, 5.74) is 1.27. The number of rotatable bonds is 1. The molecule has 0 amide bonds. The Morgan fingerprint density at radius 3 is 2.82 bits per heavy atom. The van der Waals surface area contributed by atoms with Crippen LogP contribution in [0.5, 0.6) is 5.75 Å². The fraction of sp³-hybridized carbons (Fsp3) is 0.250. The molecule has 0 saturated heterocycles. The first kappa shape index (κ1) is 7.55. The number of pyridine rings is 1. The Morgan fingerprint density at radius 1 is 1.64 bits per heavy atom. The monoisotopic (exact) mass is 148 g/mol. The molecule has 1 aromatic heterocycles. The zero-order chi connectivity index (χ0) is 8.27. The average molecular weight is 148 g/mol. The summed E-state index contributed by atoms with van der Waals surface area (Å²) in [4.78, 5) is 3.84. The van der Waals surface area contributed by atoms with Gasteiger partial charge in [0.05, 0.1) is 7.11 Å². The van der Waals surface area contributed by atoms with Gasteiger partial charge in [-0.2, -0.15) is 5.26 Å². The second kappa shape index (κ2) is 3.02. The highest BCUT2D eigenvalue weighted by molar-refractivity contribution is 5.42. The topological polar surface area (TPSA) is 45.9 Å². The number of aromatic nitrogens is 1. The van der Waals surface area contributed by atoms with E-state index in [0.717, 1.165) is 5.56 Å². The van der Waals surface area contributed by atoms with Crippen molar-refractivity contribution in [3.8, 4) is 11.8 Å². The molecule has 0 saturated carbocycles. The molecular formula is C8H8N2O. The van der Waals surface area contributed by atoms with Gasteiger partial charge in [-0.1, -0.05) is 0 Å². The van der Waals surface area contributed by atoms with Crippen molar-refractivity contribution in [1.82, 2.24) is 4.98 Å². The Labute approximate surface area is 65.3 Å². The minimum atomic E-state index is 0.340. The van der Waals surface area contributed by atoms with Gasteiger partial charge in [-0.05, 0) is 18.6 Å². The molecule has 56 valence electrons. The zero-order valence-corrected chi connectivity index (χ0v) is 6.46. The number of nitriles is 1. The van der Waals surface area contributed by atoms with E-state index in [9.17, 15) is 0 Å². The summed E-state index contributed by atoms with van der Waals surface area (Å²) in [5, 5.41) is 8.58. The Morgan fingerprint density at radius 2 is 2.36 bits per heavy atom. The normalized spacial score (nSPS) is 8.82. The molecule has 0 radical (unpaired) electrons. The van der Waals surface area contributed by atoms with Gasteiger partial charge in [0.2, 0.25) is 0 Å². The maximum absolute atomic E-state index is 8.58. The fourth-order valence-electron chi connectivity index (χ4n) is 0.882. The number of hydrogen-bond acceptors (Lipinski definition) is 3. The molecule has 0 aliphatic carbocycles. The molecule has 3 nitrogen and oxygen atoms in total. The number of ether oxygens (including phenoxy) is 1. The maximum Gasteiger partial charge on any atom is 0.182 e. The van der Waals surface area contributed by atoms with Crippen LogP contribution in [0.15, 0.2) is 12.3 Å². The van der Waals surface area contributed by atoms with E-state index in [4.69, 9.17) is 10.00 Å². The van der Waals surface area contributed by atoms with Crippen LogP contribution in [0.25, 0.3) is 0 Å². The molecule has 1 aromatic rings. The molecule has 0 atom stereocenters. The first-order valence-corrected chi connectivity index (χ1v) is 3.19. The highest BCUT2D eigenvalue weighted by atomic mass is 16.5. The van der Waals surface area contributed by atoms with E-state index >= 15 is 0 Å². The summed E-state index contributed by atoms with van der Waals surface area (Å²) >= 11 is 0. The van der Waals surface area contributed by atoms with Gasteiger partial charge in [0.15, 0.2) is 11.4 Å². The smallest absolute Gasteiger partial charge is 0.182 e. The number of methoxy groups -OCH3 is 1. The first-order valence-electron chi connectivity index (χ1n) is 3.19. The van der Waals surface area contributed by atoms with E-state index in [0.29, 0.717) is 11.4 Å². The van der Waals surface area contributed by atoms with Crippen LogP contribution in [0.1, 0.15) is 11.3 Å². The van der Waals surface area contributed by atoms with E-state index in [1.165, 1.54) is 7.11 Å². The largest absolute Gasteiger partial charge is 0.493 e. The highest BCUT2D eigenvalue weighted by Gasteiger charge is 2.04. The lowest BCUT2D eigenvalue weighted by Gasteiger charge is -2.03. The van der Waals surface area contributed by atoms with Crippen LogP contribution >= 0.6 is 0 Å². The average Bonchev–Trinajstić information content (AvgIpc) is 2.04. The van der Waals surface area contributed by atoms with Crippen molar-refractivity contribution in [2.75, 3.05) is 7.11 Å². The van der Waals surface area contributed by atoms with Crippen LogP contribution < -0.4 is 4.74 Å². The third-order valence-electron chi connectivity index (χ3n) is 1.41. The quantitative estimate of drug-likeness (QED) is 0.602. The van der Waals surface area contributed by atoms with Gasteiger partial charge in [0.25, 0.3) is 0 Å². The second-order valence-corrected chi connectivity index (χ2v) is 2.12. The molecule has 0 N–H and O–H groups in total. The van der Waals surface area contributed by atoms with Crippen molar-refractivity contribution in [3.05, 3.63) is 23.5 Å². The lowest BCUT2D eigenvalue weighted by atomic mass is 10.2. The number of nitrogens with zero attached hydrogens (tertiary/aromatic N) is 2. The van der Waals surface area contributed by atoms with Crippen molar-refractivity contribution in [1.29, 1.82) is 5.26 Å². The van der Waals surface area contributed by atoms with Crippen molar-refractivity contribution in [2.24, 2.45) is 0 Å². The Balaban J connectivity index is 3.27. The molecule has 11 heavy (non-hydrogen) atoms. The lowest BCUT2D eigenvalue weighted by Crippen LogP contribution is -1.93. The second-order valence-electron chi connectivity index (χ2n) is 2.12. The molecule has 0 aromatic carbocycles. The van der Waals surface area contributed by atoms with Gasteiger partial charge >= 0.3 is 0 Å². The zero-order valence-electron chi connectivity index (χ0n) is 6.46. The van der Waals surface area contributed by atoms with Crippen molar-refractivity contribution >= 4 is 0 Å². The van der Waals surface area contributed by atoms with Gasteiger partial charge < -0.3 is 4.74 Å². The Kier molecular flexibility index (Phi) is 2.07. The molecule has 3 heteroatoms. The summed E-state index contributed by atoms with van der Waals surface area (Å²) in [6.07, 6.45) is 1.59. The minimum absolute atomic E-state index is 0.340. The van der Waals surface area contributed by atoms with Crippen LogP contribution in [0, 0.1) is 18.3 Å². The fourth-order valence-corrected chi connectivity index (χ4v) is 0.882. The standard InChI is InChI=1S/C8H8N2O/c1-6-3-4-10-7(5-9)8(6)11-2/h3-4H,1-2H3. The molecule has 0 bridgehead atoms. The van der Waals surface area contributed by atoms with Crippen LogP contribution in [0.2, 0.25) is 0 Å². The third-order valence-corrected chi connectivity index (χ3v) is 1.41. The van der Waals surface area contributed by atoms with Crippen LogP contribution in [-0.4, -0.2) is 12.1 Å². The molecule has 0 aliphatic rings. The predicted octanol–water partition coefficient (Wildman–Crippen LogP) is 1.27. The minimum Gasteiger partial charge on any atom is -0.493 e. The van der Waals surface area contributed by atoms with Gasteiger partial charge in [-0.3, -0.25) is 0 Å². The molecule has 0 spiro atoms. The summed E-state index contributed by atoms with van der Waals surface area (Å²) in [6, 6.07) is 3.76. The molecule has 0 aliphatic heterocycles. The van der Waals surface area contributed by atoms with Crippen LogP contribution in [0.3, 0.4) is 0 Å². The van der Waals surface area contributed by atoms with Crippen molar-refractivity contribution < 1.29 is 4.74 Å². The van der Waals surface area contributed by atoms with Crippen LogP contribution in [0.4, 0.5) is 0 Å². The number of hydrogen-bond donors (Lipinski definition) is 0. The van der Waals surface area contributed by atoms with Gasteiger partial charge in [-0.25, -0.2) is 4.98 Å². The van der Waals surface area contributed by atoms with Crippen molar-refractivity contribution in [3.63, 3.8) is 0 Å². The molecule has 0 unspecified atom stereocenters. The molecular weight excluding hydrogens is 140 g/mol. The summed E-state index contributed by atoms with van der Waals surface area (Å²) in [7, 11) is 1.53. The van der Waals surface area contributed by atoms with E-state index < -0.39 is 0 Å². The van der Waals surface area contributed by atoms with Gasteiger partial charge in [-0.15, -0.1) is 0 Å². The van der Waals surface area contributed by atoms with Gasteiger partial charge in [0, 0.05) is 6.20 Å². The Hall–Kier alpha value is -1.56. The number of aryl methyl sites for hydroxylation is 1. The van der Waals surface area contributed by atoms with E-state index in [-0.39, 0.29) is 0 Å². The highest BCUT2D eigenvalue weighted by Crippen LogP contribution is 2.18. The summed E-state index contributed by atoms with van der Waals surface area (Å²) < 4.78 is 4.98. The van der Waals surface area contributed by atoms with E-state index in [2.05, 4.69) is 4.98 Å². The molecule has 1 rings (SSSR count). The maximum atomic E-state index is 8.58. The lowest BCUT2D eigenvalue weighted by molar-refractivity contribution is 0.408. The molecule has 1 heterocycles. The first-order chi connectivity index (χ1) is 5.29. The Bertz CT molecular complexity index is 301. The van der Waals surface area contributed by atoms with E-state index in [1.54, 1.807) is 12.3 Å². The van der Waals surface area contributed by atoms with Crippen molar-refractivity contribution in [2.45, 2.75) is 6.92 Å². The van der Waals surface area contributed by atoms with Crippen LogP contribution in [-0.2, 0) is 0 Å².